The van der Waals surface area contributed by atoms with E-state index in [0.717, 1.165) is 41.2 Å². The zero-order chi connectivity index (χ0) is 16.8. The average molecular weight is 385 g/mol. The molecule has 0 radical (unpaired) electrons. The van der Waals surface area contributed by atoms with Crippen molar-refractivity contribution in [3.63, 3.8) is 0 Å². The fraction of sp³-hybridized carbons (Fsp3) is 0.400. The number of ether oxygens (including phenoxy) is 1. The minimum atomic E-state index is -0.0913. The molecule has 6 nitrogen and oxygen atoms in total. The Kier molecular flexibility index (Phi) is 6.30. The summed E-state index contributed by atoms with van der Waals surface area (Å²) in [5, 5.41) is 15.6. The predicted octanol–water partition coefficient (Wildman–Crippen LogP) is 3.51. The van der Waals surface area contributed by atoms with E-state index in [9.17, 15) is 4.79 Å². The minimum Gasteiger partial charge on any atom is -0.376 e. The minimum absolute atomic E-state index is 0.0913. The van der Waals surface area contributed by atoms with Gasteiger partial charge in [-0.15, -0.1) is 10.2 Å². The lowest BCUT2D eigenvalue weighted by Gasteiger charge is -2.08. The van der Waals surface area contributed by atoms with Gasteiger partial charge in [0.15, 0.2) is 4.34 Å². The molecule has 1 amide bonds. The molecule has 0 aliphatic carbocycles. The van der Waals surface area contributed by atoms with Crippen LogP contribution in [0.5, 0.6) is 0 Å². The monoisotopic (exact) mass is 384 g/mol. The van der Waals surface area contributed by atoms with Gasteiger partial charge in [-0.2, -0.15) is 0 Å². The molecule has 2 aromatic rings. The molecule has 9 heteroatoms. The molecule has 3 rings (SSSR count). The molecule has 128 valence electrons. The van der Waals surface area contributed by atoms with E-state index in [1.165, 1.54) is 23.1 Å². The number of carbonyl (C=O) groups is 1. The number of halogens is 1. The first-order valence-corrected chi connectivity index (χ1v) is 9.74. The molecule has 1 fully saturated rings. The molecule has 1 saturated heterocycles. The summed E-state index contributed by atoms with van der Waals surface area (Å²) in [4.78, 5) is 11.9. The predicted molar refractivity (Wildman–Crippen MR) is 98.2 cm³/mol. The highest BCUT2D eigenvalue weighted by atomic mass is 35.5. The van der Waals surface area contributed by atoms with Gasteiger partial charge in [-0.1, -0.05) is 34.7 Å². The maximum Gasteiger partial charge on any atom is 0.234 e. The van der Waals surface area contributed by atoms with E-state index in [4.69, 9.17) is 16.3 Å². The fourth-order valence-corrected chi connectivity index (χ4v) is 3.89. The van der Waals surface area contributed by atoms with Crippen LogP contribution in [0.2, 0.25) is 5.02 Å². The summed E-state index contributed by atoms with van der Waals surface area (Å²) in [6.07, 6.45) is 2.46. The second-order valence-electron chi connectivity index (χ2n) is 5.23. The van der Waals surface area contributed by atoms with Gasteiger partial charge in [0.05, 0.1) is 11.9 Å². The Hall–Kier alpha value is -1.35. The number of hydrogen-bond acceptors (Lipinski definition) is 7. The van der Waals surface area contributed by atoms with Crippen molar-refractivity contribution in [2.24, 2.45) is 0 Å². The number of rotatable bonds is 7. The third-order valence-electron chi connectivity index (χ3n) is 3.37. The molecular weight excluding hydrogens is 368 g/mol. The maximum absolute atomic E-state index is 11.9. The van der Waals surface area contributed by atoms with Gasteiger partial charge in [-0.25, -0.2) is 0 Å². The lowest BCUT2D eigenvalue weighted by molar-refractivity contribution is -0.113. The molecule has 1 aromatic carbocycles. The van der Waals surface area contributed by atoms with E-state index in [1.54, 1.807) is 24.3 Å². The Morgan fingerprint density at radius 2 is 2.21 bits per heavy atom. The lowest BCUT2D eigenvalue weighted by atomic mass is 10.2. The molecule has 1 unspecified atom stereocenters. The van der Waals surface area contributed by atoms with Crippen molar-refractivity contribution >= 4 is 51.4 Å². The van der Waals surface area contributed by atoms with E-state index < -0.39 is 0 Å². The number of nitrogens with zero attached hydrogens (tertiary/aromatic N) is 2. The summed E-state index contributed by atoms with van der Waals surface area (Å²) in [5.41, 5.74) is 0.723. The highest BCUT2D eigenvalue weighted by molar-refractivity contribution is 8.01. The summed E-state index contributed by atoms with van der Waals surface area (Å²) in [5.74, 6) is 0.189. The molecule has 2 heterocycles. The van der Waals surface area contributed by atoms with Gasteiger partial charge in [-0.05, 0) is 37.1 Å². The number of amides is 1. The number of thioether (sulfide) groups is 1. The van der Waals surface area contributed by atoms with E-state index in [0.29, 0.717) is 5.02 Å². The van der Waals surface area contributed by atoms with Crippen LogP contribution in [-0.4, -0.2) is 41.1 Å². The Balaban J connectivity index is 1.41. The van der Waals surface area contributed by atoms with Gasteiger partial charge < -0.3 is 15.4 Å². The second-order valence-corrected chi connectivity index (χ2v) is 7.87. The van der Waals surface area contributed by atoms with E-state index in [2.05, 4.69) is 20.8 Å². The molecule has 2 N–H and O–H groups in total. The van der Waals surface area contributed by atoms with Crippen LogP contribution in [0.4, 0.5) is 10.8 Å². The van der Waals surface area contributed by atoms with Gasteiger partial charge >= 0.3 is 0 Å². The number of carbonyl (C=O) groups excluding carboxylic acids is 1. The Labute approximate surface area is 153 Å². The molecule has 0 spiro atoms. The van der Waals surface area contributed by atoms with E-state index in [-0.39, 0.29) is 17.8 Å². The van der Waals surface area contributed by atoms with Crippen LogP contribution in [0.15, 0.2) is 28.6 Å². The van der Waals surface area contributed by atoms with Crippen LogP contribution < -0.4 is 10.6 Å². The average Bonchev–Trinajstić information content (AvgIpc) is 3.25. The van der Waals surface area contributed by atoms with E-state index >= 15 is 0 Å². The second kappa shape index (κ2) is 8.66. The fourth-order valence-electron chi connectivity index (χ4n) is 2.20. The largest absolute Gasteiger partial charge is 0.376 e. The van der Waals surface area contributed by atoms with Crippen LogP contribution >= 0.6 is 34.7 Å². The summed E-state index contributed by atoms with van der Waals surface area (Å²) >= 11 is 8.62. The molecule has 0 bridgehead atoms. The van der Waals surface area contributed by atoms with Crippen molar-refractivity contribution in [1.82, 2.24) is 10.2 Å². The maximum atomic E-state index is 11.9. The molecule has 1 aliphatic heterocycles. The Morgan fingerprint density at radius 3 is 2.96 bits per heavy atom. The third kappa shape index (κ3) is 5.34. The van der Waals surface area contributed by atoms with Gasteiger partial charge in [0, 0.05) is 23.9 Å². The van der Waals surface area contributed by atoms with Crippen molar-refractivity contribution in [3.8, 4) is 0 Å². The molecular formula is C15H17ClN4O2S2. The summed E-state index contributed by atoms with van der Waals surface area (Å²) in [6, 6.07) is 7.01. The van der Waals surface area contributed by atoms with Crippen LogP contribution in [0.3, 0.4) is 0 Å². The highest BCUT2D eigenvalue weighted by Crippen LogP contribution is 2.26. The summed E-state index contributed by atoms with van der Waals surface area (Å²) in [7, 11) is 0. The summed E-state index contributed by atoms with van der Waals surface area (Å²) < 4.78 is 6.31. The van der Waals surface area contributed by atoms with Crippen LogP contribution in [0.1, 0.15) is 12.8 Å². The first-order valence-electron chi connectivity index (χ1n) is 7.56. The SMILES string of the molecule is O=C(CSc1nnc(NCC2CCCO2)s1)Nc1ccc(Cl)cc1. The standard InChI is InChI=1S/C15H17ClN4O2S2/c16-10-3-5-11(6-4-10)18-13(21)9-23-15-20-19-14(24-15)17-8-12-2-1-7-22-12/h3-6,12H,1-2,7-9H2,(H,17,19)(H,18,21). The van der Waals surface area contributed by atoms with Crippen LogP contribution in [-0.2, 0) is 9.53 Å². The number of nitrogens with one attached hydrogen (secondary N) is 2. The van der Waals surface area contributed by atoms with Gasteiger partial charge in [0.1, 0.15) is 0 Å². The number of anilines is 2. The zero-order valence-corrected chi connectivity index (χ0v) is 15.2. The number of hydrogen-bond donors (Lipinski definition) is 2. The normalized spacial score (nSPS) is 17.0. The van der Waals surface area contributed by atoms with Gasteiger partial charge in [0.25, 0.3) is 0 Å². The van der Waals surface area contributed by atoms with Gasteiger partial charge in [0.2, 0.25) is 11.0 Å². The molecule has 1 aromatic heterocycles. The smallest absolute Gasteiger partial charge is 0.234 e. The highest BCUT2D eigenvalue weighted by Gasteiger charge is 2.16. The summed E-state index contributed by atoms with van der Waals surface area (Å²) in [6.45, 7) is 1.59. The first kappa shape index (κ1) is 17.5. The molecule has 24 heavy (non-hydrogen) atoms. The number of benzene rings is 1. The molecule has 0 saturated carbocycles. The molecule has 1 atom stereocenters. The first-order chi connectivity index (χ1) is 11.7. The Morgan fingerprint density at radius 1 is 1.38 bits per heavy atom. The van der Waals surface area contributed by atoms with Crippen molar-refractivity contribution < 1.29 is 9.53 Å². The topological polar surface area (TPSA) is 76.1 Å². The van der Waals surface area contributed by atoms with Crippen molar-refractivity contribution in [3.05, 3.63) is 29.3 Å². The quantitative estimate of drug-likeness (QED) is 0.711. The van der Waals surface area contributed by atoms with Crippen LogP contribution in [0.25, 0.3) is 0 Å². The van der Waals surface area contributed by atoms with Gasteiger partial charge in [-0.3, -0.25) is 4.79 Å². The third-order valence-corrected chi connectivity index (χ3v) is 5.63. The number of aromatic nitrogens is 2. The van der Waals surface area contributed by atoms with Crippen molar-refractivity contribution in [1.29, 1.82) is 0 Å². The zero-order valence-electron chi connectivity index (χ0n) is 12.8. The van der Waals surface area contributed by atoms with Crippen molar-refractivity contribution in [2.75, 3.05) is 29.5 Å². The van der Waals surface area contributed by atoms with Crippen molar-refractivity contribution in [2.45, 2.75) is 23.3 Å². The lowest BCUT2D eigenvalue weighted by Crippen LogP contribution is -2.18. The molecule has 1 aliphatic rings. The van der Waals surface area contributed by atoms with Crippen LogP contribution in [0, 0.1) is 0 Å². The van der Waals surface area contributed by atoms with E-state index in [1.807, 2.05) is 0 Å². The Bertz CT molecular complexity index is 674.